The van der Waals surface area contributed by atoms with Gasteiger partial charge in [-0.15, -0.1) is 0 Å². The molecule has 0 radical (unpaired) electrons. The van der Waals surface area contributed by atoms with Crippen molar-refractivity contribution in [2.75, 3.05) is 37.2 Å². The highest BCUT2D eigenvalue weighted by atomic mass is 19.4. The quantitative estimate of drug-likeness (QED) is 0.220. The van der Waals surface area contributed by atoms with Crippen LogP contribution < -0.4 is 16.4 Å². The molecule has 262 valence electrons. The smallest absolute Gasteiger partial charge is 0.416 e. The molecule has 51 heavy (non-hydrogen) atoms. The summed E-state index contributed by atoms with van der Waals surface area (Å²) in [5.74, 6) is 4.57. The molecule has 16 heteroatoms. The molecule has 5 N–H and O–H groups in total. The van der Waals surface area contributed by atoms with E-state index in [-0.39, 0.29) is 54.7 Å². The number of carbonyl (C=O) groups excluding carboxylic acids is 3. The van der Waals surface area contributed by atoms with Gasteiger partial charge in [0.2, 0.25) is 17.8 Å². The Balaban J connectivity index is 1.18. The lowest BCUT2D eigenvalue weighted by molar-refractivity contribution is -0.138. The number of halogens is 3. The highest BCUT2D eigenvalue weighted by Gasteiger charge is 2.35. The molecule has 4 aromatic rings. The molecule has 13 nitrogen and oxygen atoms in total. The van der Waals surface area contributed by atoms with E-state index in [2.05, 4.69) is 32.4 Å². The van der Waals surface area contributed by atoms with Crippen LogP contribution in [0.25, 0.3) is 11.4 Å². The maximum absolute atomic E-state index is 14.0. The number of nitrogen functional groups attached to an aromatic ring is 1. The molecule has 4 amide bonds. The van der Waals surface area contributed by atoms with Crippen molar-refractivity contribution in [1.82, 2.24) is 29.7 Å². The monoisotopic (exact) mass is 700 g/mol. The van der Waals surface area contributed by atoms with Crippen molar-refractivity contribution < 1.29 is 37.5 Å². The number of piperazine rings is 1. The van der Waals surface area contributed by atoms with Crippen LogP contribution in [-0.4, -0.2) is 79.4 Å². The lowest BCUT2D eigenvalue weighted by Gasteiger charge is -2.27. The Kier molecular flexibility index (Phi) is 9.48. The SMILES string of the molecule is Cn1c(-c2nc(N)ncc2C#Cc2cccc(CC(=O)Nc3ccc(CN4CCNC(=O)C4)c(C(F)(F)F)c3)c2)cc2c1CCN(C(=O)O)C2=O. The van der Waals surface area contributed by atoms with Gasteiger partial charge in [-0.3, -0.25) is 19.3 Å². The fraction of sp³-hybridized carbons (Fsp3) is 0.257. The standard InChI is InChI=1S/C35H31F3N8O5/c1-44-27-9-11-46(34(50)51)32(49)25(27)16-28(44)31-22(17-41-33(39)43-31)6-5-20-3-2-4-21(13-20)14-29(47)42-24-8-7-23(26(15-24)35(36,37)38)18-45-12-10-40-30(48)19-45/h2-4,7-8,13,15-17H,9-12,14,18-19H2,1H3,(H,40,48)(H,42,47)(H,50,51)(H2,39,41,43). The number of aromatic nitrogens is 3. The third-order valence-electron chi connectivity index (χ3n) is 8.53. The van der Waals surface area contributed by atoms with Crippen LogP contribution in [0.1, 0.15) is 43.9 Å². The zero-order valence-electron chi connectivity index (χ0n) is 27.2. The van der Waals surface area contributed by atoms with Crippen LogP contribution in [0.3, 0.4) is 0 Å². The van der Waals surface area contributed by atoms with Gasteiger partial charge >= 0.3 is 12.3 Å². The number of carbonyl (C=O) groups is 4. The minimum Gasteiger partial charge on any atom is -0.465 e. The van der Waals surface area contributed by atoms with E-state index in [4.69, 9.17) is 5.73 Å². The van der Waals surface area contributed by atoms with Crippen LogP contribution in [0.5, 0.6) is 0 Å². The average molecular weight is 701 g/mol. The van der Waals surface area contributed by atoms with Gasteiger partial charge in [-0.2, -0.15) is 13.2 Å². The second kappa shape index (κ2) is 14.0. The normalized spacial score (nSPS) is 14.7. The summed E-state index contributed by atoms with van der Waals surface area (Å²) in [4.78, 5) is 59.8. The molecule has 0 aliphatic carbocycles. The number of imide groups is 1. The number of fused-ring (bicyclic) bond motifs is 1. The van der Waals surface area contributed by atoms with Crippen molar-refractivity contribution in [2.24, 2.45) is 7.05 Å². The Morgan fingerprint density at radius 3 is 2.65 bits per heavy atom. The number of alkyl halides is 3. The first kappa shape index (κ1) is 34.6. The lowest BCUT2D eigenvalue weighted by Crippen LogP contribution is -2.47. The van der Waals surface area contributed by atoms with Gasteiger partial charge in [-0.1, -0.05) is 30.0 Å². The van der Waals surface area contributed by atoms with E-state index >= 15 is 0 Å². The molecule has 4 heterocycles. The number of hydrogen-bond donors (Lipinski definition) is 4. The minimum atomic E-state index is -4.67. The number of amides is 4. The molecule has 0 spiro atoms. The second-order valence-corrected chi connectivity index (χ2v) is 12.0. The number of benzene rings is 2. The largest absolute Gasteiger partial charge is 0.465 e. The van der Waals surface area contributed by atoms with Crippen LogP contribution in [0.15, 0.2) is 54.7 Å². The third kappa shape index (κ3) is 7.68. The molecule has 0 atom stereocenters. The zero-order chi connectivity index (χ0) is 36.4. The van der Waals surface area contributed by atoms with Crippen molar-refractivity contribution in [1.29, 1.82) is 0 Å². The molecule has 2 aromatic carbocycles. The van der Waals surface area contributed by atoms with Crippen LogP contribution in [0.4, 0.5) is 29.6 Å². The lowest BCUT2D eigenvalue weighted by atomic mass is 10.0. The molecule has 2 aromatic heterocycles. The minimum absolute atomic E-state index is 0.0000398. The predicted molar refractivity (Wildman–Crippen MR) is 178 cm³/mol. The maximum atomic E-state index is 14.0. The Bertz CT molecular complexity index is 2140. The van der Waals surface area contributed by atoms with Crippen molar-refractivity contribution in [3.8, 4) is 23.2 Å². The van der Waals surface area contributed by atoms with E-state index in [9.17, 15) is 37.5 Å². The summed E-state index contributed by atoms with van der Waals surface area (Å²) in [6.45, 7) is 0.735. The summed E-state index contributed by atoms with van der Waals surface area (Å²) in [5.41, 5.74) is 8.16. The first-order valence-corrected chi connectivity index (χ1v) is 15.7. The van der Waals surface area contributed by atoms with Gasteiger partial charge in [-0.05, 0) is 41.5 Å². The van der Waals surface area contributed by atoms with Crippen molar-refractivity contribution in [3.63, 3.8) is 0 Å². The summed E-state index contributed by atoms with van der Waals surface area (Å²) in [5, 5.41) is 14.6. The van der Waals surface area contributed by atoms with Gasteiger partial charge in [-0.25, -0.2) is 19.7 Å². The summed E-state index contributed by atoms with van der Waals surface area (Å²) < 4.78 is 43.7. The van der Waals surface area contributed by atoms with Crippen molar-refractivity contribution in [2.45, 2.75) is 25.6 Å². The Labute approximate surface area is 289 Å². The number of rotatable bonds is 6. The number of anilines is 2. The molecular weight excluding hydrogens is 669 g/mol. The Morgan fingerprint density at radius 1 is 1.10 bits per heavy atom. The highest BCUT2D eigenvalue weighted by molar-refractivity contribution is 6.05. The Hall–Kier alpha value is -6.21. The number of hydrogen-bond acceptors (Lipinski definition) is 8. The number of nitrogens with one attached hydrogen (secondary N) is 2. The van der Waals surface area contributed by atoms with E-state index < -0.39 is 29.6 Å². The van der Waals surface area contributed by atoms with Crippen molar-refractivity contribution >= 4 is 35.5 Å². The molecule has 6 rings (SSSR count). The molecule has 2 aliphatic heterocycles. The predicted octanol–water partition coefficient (Wildman–Crippen LogP) is 3.27. The summed E-state index contributed by atoms with van der Waals surface area (Å²) in [7, 11) is 1.73. The van der Waals surface area contributed by atoms with Crippen LogP contribution >= 0.6 is 0 Å². The number of nitrogens with zero attached hydrogens (tertiary/aromatic N) is 5. The first-order chi connectivity index (χ1) is 24.3. The molecule has 0 saturated carbocycles. The van der Waals surface area contributed by atoms with E-state index in [1.807, 2.05) is 0 Å². The van der Waals surface area contributed by atoms with Crippen LogP contribution in [0.2, 0.25) is 0 Å². The van der Waals surface area contributed by atoms with Gasteiger partial charge in [0.05, 0.1) is 35.3 Å². The van der Waals surface area contributed by atoms with Crippen LogP contribution in [-0.2, 0) is 42.2 Å². The topological polar surface area (TPSA) is 176 Å². The molecule has 0 unspecified atom stereocenters. The molecule has 1 saturated heterocycles. The summed E-state index contributed by atoms with van der Waals surface area (Å²) >= 11 is 0. The van der Waals surface area contributed by atoms with Crippen molar-refractivity contribution in [3.05, 3.63) is 93.8 Å². The van der Waals surface area contributed by atoms with Gasteiger partial charge < -0.3 is 26.0 Å². The van der Waals surface area contributed by atoms with Crippen LogP contribution in [0, 0.1) is 11.8 Å². The fourth-order valence-electron chi connectivity index (χ4n) is 6.10. The molecule has 2 aliphatic rings. The molecule has 1 fully saturated rings. The first-order valence-electron chi connectivity index (χ1n) is 15.7. The van der Waals surface area contributed by atoms with E-state index in [0.717, 1.165) is 11.0 Å². The zero-order valence-corrected chi connectivity index (χ0v) is 27.2. The summed E-state index contributed by atoms with van der Waals surface area (Å²) in [6, 6.07) is 11.9. The third-order valence-corrected chi connectivity index (χ3v) is 8.53. The van der Waals surface area contributed by atoms with Gasteiger partial charge in [0.1, 0.15) is 5.69 Å². The maximum Gasteiger partial charge on any atom is 0.416 e. The van der Waals surface area contributed by atoms with Gasteiger partial charge in [0, 0.05) is 62.8 Å². The van der Waals surface area contributed by atoms with Gasteiger partial charge in [0.25, 0.3) is 5.91 Å². The Morgan fingerprint density at radius 2 is 1.90 bits per heavy atom. The number of carboxylic acid groups (broad SMARTS) is 1. The second-order valence-electron chi connectivity index (χ2n) is 12.0. The summed E-state index contributed by atoms with van der Waals surface area (Å²) in [6.07, 6.45) is -4.40. The average Bonchev–Trinajstić information content (AvgIpc) is 3.41. The fourth-order valence-corrected chi connectivity index (χ4v) is 6.10. The van der Waals surface area contributed by atoms with E-state index in [0.29, 0.717) is 53.3 Å². The number of nitrogens with two attached hydrogens (primary N) is 1. The molecular formula is C35H31F3N8O5. The van der Waals surface area contributed by atoms with Gasteiger partial charge in [0.15, 0.2) is 0 Å². The van der Waals surface area contributed by atoms with E-state index in [1.165, 1.54) is 18.3 Å². The molecule has 0 bridgehead atoms. The highest BCUT2D eigenvalue weighted by Crippen LogP contribution is 2.35. The van der Waals surface area contributed by atoms with E-state index in [1.54, 1.807) is 46.8 Å².